The third-order valence-electron chi connectivity index (χ3n) is 3.72. The van der Waals surface area contributed by atoms with Crippen LogP contribution in [0, 0.1) is 13.8 Å². The van der Waals surface area contributed by atoms with Crippen LogP contribution in [0.15, 0.2) is 59.3 Å². The lowest BCUT2D eigenvalue weighted by Gasteiger charge is -2.11. The summed E-state index contributed by atoms with van der Waals surface area (Å²) in [6.45, 7) is 4.06. The Kier molecular flexibility index (Phi) is 5.09. The molecule has 1 heterocycles. The minimum absolute atomic E-state index is 0.259. The average Bonchev–Trinajstić information content (AvgIpc) is 2.61. The topological polar surface area (TPSA) is 66.9 Å². The number of carbonyl (C=O) groups excluding carboxylic acids is 1. The summed E-state index contributed by atoms with van der Waals surface area (Å²) >= 11 is 3.36. The second kappa shape index (κ2) is 7.44. The molecule has 0 saturated heterocycles. The van der Waals surface area contributed by atoms with Gasteiger partial charge in [-0.3, -0.25) is 4.79 Å². The molecule has 0 aliphatic rings. The molecule has 0 fully saturated rings. The van der Waals surface area contributed by atoms with Crippen molar-refractivity contribution >= 4 is 39.0 Å². The van der Waals surface area contributed by atoms with Gasteiger partial charge in [0.25, 0.3) is 5.91 Å². The molecule has 1 amide bonds. The fourth-order valence-corrected chi connectivity index (χ4v) is 2.64. The van der Waals surface area contributed by atoms with E-state index in [9.17, 15) is 4.79 Å². The second-order valence-corrected chi connectivity index (χ2v) is 6.56. The Labute approximate surface area is 154 Å². The van der Waals surface area contributed by atoms with Gasteiger partial charge in [0.1, 0.15) is 11.5 Å². The van der Waals surface area contributed by atoms with Gasteiger partial charge >= 0.3 is 0 Å². The Morgan fingerprint density at radius 3 is 2.24 bits per heavy atom. The van der Waals surface area contributed by atoms with Gasteiger partial charge in [-0.05, 0) is 49.2 Å². The Balaban J connectivity index is 1.71. The first-order valence-corrected chi connectivity index (χ1v) is 8.54. The molecule has 0 spiro atoms. The molecule has 3 aromatic rings. The number of nitrogens with one attached hydrogen (secondary N) is 2. The molecule has 0 bridgehead atoms. The Morgan fingerprint density at radius 2 is 1.64 bits per heavy atom. The van der Waals surface area contributed by atoms with Crippen molar-refractivity contribution in [3.05, 3.63) is 76.2 Å². The number of anilines is 3. The predicted octanol–water partition coefficient (Wildman–Crippen LogP) is 4.85. The van der Waals surface area contributed by atoms with Crippen LogP contribution in [0.25, 0.3) is 0 Å². The lowest BCUT2D eigenvalue weighted by Crippen LogP contribution is -2.14. The van der Waals surface area contributed by atoms with Crippen LogP contribution in [0.3, 0.4) is 0 Å². The minimum atomic E-state index is -0.298. The van der Waals surface area contributed by atoms with E-state index in [0.717, 1.165) is 21.3 Å². The molecule has 2 N–H and O–H groups in total. The van der Waals surface area contributed by atoms with Crippen molar-refractivity contribution < 1.29 is 4.79 Å². The van der Waals surface area contributed by atoms with E-state index < -0.39 is 0 Å². The Morgan fingerprint density at radius 1 is 0.960 bits per heavy atom. The smallest absolute Gasteiger partial charge is 0.275 e. The van der Waals surface area contributed by atoms with E-state index in [0.29, 0.717) is 11.5 Å². The second-order valence-electron chi connectivity index (χ2n) is 5.64. The lowest BCUT2D eigenvalue weighted by molar-refractivity contribution is 0.102. The number of aryl methyl sites for hydroxylation is 2. The standard InChI is InChI=1S/C19H17BrN4O/c1-12-4-3-5-13(2)18(12)24-17-11-21-16(10-22-17)19(25)23-15-8-6-14(20)7-9-15/h3-11H,1-2H3,(H,22,24)(H,23,25). The normalized spacial score (nSPS) is 10.4. The van der Waals surface area contributed by atoms with Crippen LogP contribution in [-0.4, -0.2) is 15.9 Å². The van der Waals surface area contributed by atoms with Gasteiger partial charge in [0.15, 0.2) is 0 Å². The van der Waals surface area contributed by atoms with Crippen LogP contribution < -0.4 is 10.6 Å². The van der Waals surface area contributed by atoms with E-state index in [1.165, 1.54) is 6.20 Å². The molecule has 5 nitrogen and oxygen atoms in total. The van der Waals surface area contributed by atoms with Crippen LogP contribution in [0.4, 0.5) is 17.2 Å². The molecule has 3 rings (SSSR count). The van der Waals surface area contributed by atoms with E-state index in [1.54, 1.807) is 6.20 Å². The largest absolute Gasteiger partial charge is 0.339 e. The van der Waals surface area contributed by atoms with Crippen LogP contribution in [0.1, 0.15) is 21.6 Å². The molecule has 1 aromatic heterocycles. The molecule has 0 saturated carbocycles. The molecule has 0 unspecified atom stereocenters. The predicted molar refractivity (Wildman–Crippen MR) is 103 cm³/mol. The van der Waals surface area contributed by atoms with Crippen molar-refractivity contribution in [3.8, 4) is 0 Å². The minimum Gasteiger partial charge on any atom is -0.339 e. The van der Waals surface area contributed by atoms with Gasteiger partial charge in [0.05, 0.1) is 12.4 Å². The van der Waals surface area contributed by atoms with Crippen LogP contribution >= 0.6 is 15.9 Å². The van der Waals surface area contributed by atoms with Gasteiger partial charge in [-0.2, -0.15) is 0 Å². The number of benzene rings is 2. The first kappa shape index (κ1) is 17.1. The zero-order valence-corrected chi connectivity index (χ0v) is 15.5. The summed E-state index contributed by atoms with van der Waals surface area (Å²) in [5, 5.41) is 6.04. The number of carbonyl (C=O) groups is 1. The molecule has 0 radical (unpaired) electrons. The van der Waals surface area contributed by atoms with E-state index in [4.69, 9.17) is 0 Å². The lowest BCUT2D eigenvalue weighted by atomic mass is 10.1. The van der Waals surface area contributed by atoms with Gasteiger partial charge in [0.2, 0.25) is 0 Å². The Hall–Kier alpha value is -2.73. The molecule has 0 atom stereocenters. The number of amides is 1. The summed E-state index contributed by atoms with van der Waals surface area (Å²) in [5.74, 6) is 0.297. The van der Waals surface area contributed by atoms with Crippen molar-refractivity contribution in [2.45, 2.75) is 13.8 Å². The highest BCUT2D eigenvalue weighted by Gasteiger charge is 2.09. The van der Waals surface area contributed by atoms with Gasteiger partial charge in [-0.25, -0.2) is 9.97 Å². The first-order chi connectivity index (χ1) is 12.0. The summed E-state index contributed by atoms with van der Waals surface area (Å²) < 4.78 is 0.951. The highest BCUT2D eigenvalue weighted by Crippen LogP contribution is 2.23. The zero-order chi connectivity index (χ0) is 17.8. The van der Waals surface area contributed by atoms with Crippen molar-refractivity contribution in [1.82, 2.24) is 9.97 Å². The van der Waals surface area contributed by atoms with Crippen molar-refractivity contribution in [2.75, 3.05) is 10.6 Å². The SMILES string of the molecule is Cc1cccc(C)c1Nc1cnc(C(=O)Nc2ccc(Br)cc2)cn1. The molecular formula is C19H17BrN4O. The molecule has 0 aliphatic heterocycles. The number of aromatic nitrogens is 2. The fourth-order valence-electron chi connectivity index (χ4n) is 2.38. The van der Waals surface area contributed by atoms with Crippen LogP contribution in [0.5, 0.6) is 0 Å². The van der Waals surface area contributed by atoms with Crippen molar-refractivity contribution in [3.63, 3.8) is 0 Å². The maximum absolute atomic E-state index is 12.2. The third-order valence-corrected chi connectivity index (χ3v) is 4.25. The summed E-state index contributed by atoms with van der Waals surface area (Å²) in [6, 6.07) is 13.4. The molecule has 6 heteroatoms. The molecule has 126 valence electrons. The summed E-state index contributed by atoms with van der Waals surface area (Å²) in [5.41, 5.74) is 4.21. The molecule has 2 aromatic carbocycles. The van der Waals surface area contributed by atoms with E-state index in [1.807, 2.05) is 56.3 Å². The number of hydrogen-bond donors (Lipinski definition) is 2. The van der Waals surface area contributed by atoms with Crippen molar-refractivity contribution in [2.24, 2.45) is 0 Å². The maximum Gasteiger partial charge on any atom is 0.275 e. The number of hydrogen-bond acceptors (Lipinski definition) is 4. The third kappa shape index (κ3) is 4.22. The quantitative estimate of drug-likeness (QED) is 0.661. The molecule has 0 aliphatic carbocycles. The first-order valence-electron chi connectivity index (χ1n) is 7.75. The number of rotatable bonds is 4. The van der Waals surface area contributed by atoms with Crippen LogP contribution in [-0.2, 0) is 0 Å². The fraction of sp³-hybridized carbons (Fsp3) is 0.105. The van der Waals surface area contributed by atoms with Gasteiger partial charge in [-0.1, -0.05) is 34.1 Å². The molecule has 25 heavy (non-hydrogen) atoms. The van der Waals surface area contributed by atoms with Crippen LogP contribution in [0.2, 0.25) is 0 Å². The van der Waals surface area contributed by atoms with E-state index >= 15 is 0 Å². The zero-order valence-electron chi connectivity index (χ0n) is 13.9. The van der Waals surface area contributed by atoms with Gasteiger partial charge in [-0.15, -0.1) is 0 Å². The monoisotopic (exact) mass is 396 g/mol. The highest BCUT2D eigenvalue weighted by atomic mass is 79.9. The summed E-state index contributed by atoms with van der Waals surface area (Å²) in [6.07, 6.45) is 3.02. The van der Waals surface area contributed by atoms with E-state index in [2.05, 4.69) is 36.5 Å². The maximum atomic E-state index is 12.2. The van der Waals surface area contributed by atoms with Crippen molar-refractivity contribution in [1.29, 1.82) is 0 Å². The number of halogens is 1. The Bertz CT molecular complexity index is 872. The summed E-state index contributed by atoms with van der Waals surface area (Å²) in [7, 11) is 0. The average molecular weight is 397 g/mol. The number of para-hydroxylation sites is 1. The highest BCUT2D eigenvalue weighted by molar-refractivity contribution is 9.10. The molecular weight excluding hydrogens is 380 g/mol. The summed E-state index contributed by atoms with van der Waals surface area (Å²) in [4.78, 5) is 20.7. The van der Waals surface area contributed by atoms with Gasteiger partial charge < -0.3 is 10.6 Å². The van der Waals surface area contributed by atoms with Gasteiger partial charge in [0, 0.05) is 15.8 Å². The van der Waals surface area contributed by atoms with E-state index in [-0.39, 0.29) is 11.6 Å². The number of nitrogens with zero attached hydrogens (tertiary/aromatic N) is 2.